The predicted octanol–water partition coefficient (Wildman–Crippen LogP) is 2.94. The van der Waals surface area contributed by atoms with Crippen LogP contribution in [0, 0.1) is 0 Å². The Morgan fingerprint density at radius 1 is 1.04 bits per heavy atom. The second kappa shape index (κ2) is 5.75. The second-order valence-corrected chi connectivity index (χ2v) is 6.91. The van der Waals surface area contributed by atoms with Crippen molar-refractivity contribution in [1.82, 2.24) is 8.96 Å². The van der Waals surface area contributed by atoms with E-state index in [1.165, 1.54) is 32.5 Å². The highest BCUT2D eigenvalue weighted by Gasteiger charge is 2.21. The summed E-state index contributed by atoms with van der Waals surface area (Å²) in [6.45, 7) is 0. The van der Waals surface area contributed by atoms with Gasteiger partial charge in [0.1, 0.15) is 16.7 Å². The Balaban J connectivity index is 2.21. The molecule has 0 aliphatic heterocycles. The van der Waals surface area contributed by atoms with E-state index in [9.17, 15) is 8.42 Å². The van der Waals surface area contributed by atoms with E-state index >= 15 is 0 Å². The Hall–Kier alpha value is -2.25. The second-order valence-electron chi connectivity index (χ2n) is 4.70. The first kappa shape index (κ1) is 15.6. The Morgan fingerprint density at radius 3 is 2.30 bits per heavy atom. The molecule has 0 aliphatic rings. The molecule has 0 spiro atoms. The number of nitrogens with zero attached hydrogens (tertiary/aromatic N) is 2. The molecule has 1 aromatic carbocycles. The van der Waals surface area contributed by atoms with Crippen LogP contribution < -0.4 is 9.47 Å². The van der Waals surface area contributed by atoms with Gasteiger partial charge >= 0.3 is 0 Å². The van der Waals surface area contributed by atoms with Crippen molar-refractivity contribution in [2.75, 3.05) is 14.2 Å². The van der Waals surface area contributed by atoms with Gasteiger partial charge in [0.15, 0.2) is 0 Å². The Bertz CT molecular complexity index is 960. The van der Waals surface area contributed by atoms with Crippen LogP contribution in [0.1, 0.15) is 0 Å². The van der Waals surface area contributed by atoms with Crippen LogP contribution in [0.3, 0.4) is 0 Å². The minimum Gasteiger partial charge on any atom is -0.497 e. The summed E-state index contributed by atoms with van der Waals surface area (Å²) in [4.78, 5) is 4.16. The van der Waals surface area contributed by atoms with Gasteiger partial charge in [-0.3, -0.25) is 0 Å². The maximum atomic E-state index is 12.9. The van der Waals surface area contributed by atoms with Gasteiger partial charge in [0.2, 0.25) is 0 Å². The van der Waals surface area contributed by atoms with E-state index in [-0.39, 0.29) is 4.90 Å². The number of hydrogen-bond acceptors (Lipinski definition) is 5. The molecule has 8 heteroatoms. The number of halogens is 1. The molecule has 6 nitrogen and oxygen atoms in total. The minimum absolute atomic E-state index is 0.0566. The van der Waals surface area contributed by atoms with E-state index in [2.05, 4.69) is 4.98 Å². The molecule has 3 aromatic rings. The van der Waals surface area contributed by atoms with Gasteiger partial charge in [0.25, 0.3) is 10.0 Å². The average Bonchev–Trinajstić information content (AvgIpc) is 2.97. The van der Waals surface area contributed by atoms with E-state index in [0.717, 1.165) is 3.97 Å². The van der Waals surface area contributed by atoms with Crippen LogP contribution in [-0.2, 0) is 10.0 Å². The summed E-state index contributed by atoms with van der Waals surface area (Å²) in [6, 6.07) is 9.23. The van der Waals surface area contributed by atoms with Crippen LogP contribution in [-0.4, -0.2) is 31.6 Å². The molecule has 23 heavy (non-hydrogen) atoms. The summed E-state index contributed by atoms with van der Waals surface area (Å²) in [5, 5.41) is 0.302. The van der Waals surface area contributed by atoms with Gasteiger partial charge in [-0.25, -0.2) is 17.4 Å². The first-order valence-corrected chi connectivity index (χ1v) is 8.40. The first-order valence-electron chi connectivity index (χ1n) is 6.58. The van der Waals surface area contributed by atoms with Crippen molar-refractivity contribution in [2.45, 2.75) is 4.90 Å². The van der Waals surface area contributed by atoms with E-state index in [0.29, 0.717) is 27.7 Å². The van der Waals surface area contributed by atoms with Crippen LogP contribution in [0.4, 0.5) is 0 Å². The van der Waals surface area contributed by atoms with Gasteiger partial charge < -0.3 is 9.47 Å². The van der Waals surface area contributed by atoms with Gasteiger partial charge in [-0.1, -0.05) is 11.6 Å². The summed E-state index contributed by atoms with van der Waals surface area (Å²) in [5.41, 5.74) is 0.937. The number of hydrogen-bond donors (Lipinski definition) is 0. The van der Waals surface area contributed by atoms with Crippen molar-refractivity contribution < 1.29 is 17.9 Å². The molecule has 3 rings (SSSR count). The average molecular weight is 353 g/mol. The first-order chi connectivity index (χ1) is 11.0. The Morgan fingerprint density at radius 2 is 1.70 bits per heavy atom. The smallest absolute Gasteiger partial charge is 0.268 e. The van der Waals surface area contributed by atoms with Crippen molar-refractivity contribution in [2.24, 2.45) is 0 Å². The van der Waals surface area contributed by atoms with Crippen LogP contribution in [0.2, 0.25) is 5.15 Å². The number of fused-ring (bicyclic) bond motifs is 1. The minimum atomic E-state index is -3.83. The van der Waals surface area contributed by atoms with Crippen molar-refractivity contribution in [3.8, 4) is 11.5 Å². The van der Waals surface area contributed by atoms with E-state index in [1.807, 2.05) is 0 Å². The molecular formula is C15H13ClN2O4S. The summed E-state index contributed by atoms with van der Waals surface area (Å²) in [6.07, 6.45) is 1.44. The maximum absolute atomic E-state index is 12.9. The molecule has 0 N–H and O–H groups in total. The molecule has 2 aromatic heterocycles. The fourth-order valence-electron chi connectivity index (χ4n) is 2.22. The summed E-state index contributed by atoms with van der Waals surface area (Å²) in [5.74, 6) is 0.779. The largest absolute Gasteiger partial charge is 0.497 e. The lowest BCUT2D eigenvalue weighted by Crippen LogP contribution is -2.12. The van der Waals surface area contributed by atoms with Crippen LogP contribution >= 0.6 is 11.6 Å². The Labute approximate surface area is 138 Å². The molecule has 0 radical (unpaired) electrons. The summed E-state index contributed by atoms with van der Waals surface area (Å²) >= 11 is 5.84. The zero-order valence-electron chi connectivity index (χ0n) is 12.4. The SMILES string of the molecule is COc1cc(OC)cc(S(=O)(=O)n2ccc3nc(Cl)ccc32)c1. The van der Waals surface area contributed by atoms with Crippen molar-refractivity contribution in [3.05, 3.63) is 47.7 Å². The monoisotopic (exact) mass is 352 g/mol. The molecule has 0 amide bonds. The molecule has 0 aliphatic carbocycles. The predicted molar refractivity (Wildman–Crippen MR) is 86.9 cm³/mol. The molecule has 0 saturated heterocycles. The lowest BCUT2D eigenvalue weighted by Gasteiger charge is -2.11. The summed E-state index contributed by atoms with van der Waals surface area (Å²) < 4.78 is 37.3. The lowest BCUT2D eigenvalue weighted by atomic mass is 10.3. The zero-order valence-corrected chi connectivity index (χ0v) is 13.9. The third-order valence-corrected chi connectivity index (χ3v) is 5.23. The normalized spacial score (nSPS) is 11.6. The fourth-order valence-corrected chi connectivity index (χ4v) is 3.77. The third kappa shape index (κ3) is 2.73. The van der Waals surface area contributed by atoms with Crippen LogP contribution in [0.5, 0.6) is 11.5 Å². The van der Waals surface area contributed by atoms with Gasteiger partial charge in [-0.05, 0) is 18.2 Å². The van der Waals surface area contributed by atoms with Crippen LogP contribution in [0.25, 0.3) is 11.0 Å². The highest BCUT2D eigenvalue weighted by molar-refractivity contribution is 7.90. The molecule has 2 heterocycles. The number of methoxy groups -OCH3 is 2. The number of ether oxygens (including phenoxy) is 2. The van der Waals surface area contributed by atoms with Crippen molar-refractivity contribution >= 4 is 32.7 Å². The molecule has 120 valence electrons. The van der Waals surface area contributed by atoms with Gasteiger partial charge in [0, 0.05) is 24.4 Å². The number of rotatable bonds is 4. The number of benzene rings is 1. The topological polar surface area (TPSA) is 70.4 Å². The quantitative estimate of drug-likeness (QED) is 0.675. The maximum Gasteiger partial charge on any atom is 0.268 e. The van der Waals surface area contributed by atoms with Gasteiger partial charge in [-0.2, -0.15) is 0 Å². The van der Waals surface area contributed by atoms with Crippen molar-refractivity contribution in [1.29, 1.82) is 0 Å². The summed E-state index contributed by atoms with van der Waals surface area (Å²) in [7, 11) is -0.906. The number of pyridine rings is 1. The highest BCUT2D eigenvalue weighted by Crippen LogP contribution is 2.28. The number of aromatic nitrogens is 2. The standard InChI is InChI=1S/C15H13ClN2O4S/c1-21-10-7-11(22-2)9-12(8-10)23(19,20)18-6-5-13-14(18)3-4-15(16)17-13/h3-9H,1-2H3. The third-order valence-electron chi connectivity index (χ3n) is 3.36. The lowest BCUT2D eigenvalue weighted by molar-refractivity contribution is 0.392. The molecule has 0 fully saturated rings. The fraction of sp³-hybridized carbons (Fsp3) is 0.133. The van der Waals surface area contributed by atoms with E-state index < -0.39 is 10.0 Å². The molecule has 0 unspecified atom stereocenters. The molecular weight excluding hydrogens is 340 g/mol. The van der Waals surface area contributed by atoms with E-state index in [1.54, 1.807) is 24.3 Å². The van der Waals surface area contributed by atoms with Crippen LogP contribution in [0.15, 0.2) is 47.5 Å². The highest BCUT2D eigenvalue weighted by atomic mass is 35.5. The Kier molecular flexibility index (Phi) is 3.91. The van der Waals surface area contributed by atoms with Gasteiger partial charge in [0.05, 0.1) is 30.1 Å². The van der Waals surface area contributed by atoms with Gasteiger partial charge in [-0.15, -0.1) is 0 Å². The molecule has 0 atom stereocenters. The van der Waals surface area contributed by atoms with Crippen molar-refractivity contribution in [3.63, 3.8) is 0 Å². The van der Waals surface area contributed by atoms with E-state index in [4.69, 9.17) is 21.1 Å². The molecule has 0 saturated carbocycles. The zero-order chi connectivity index (χ0) is 16.6. The molecule has 0 bridgehead atoms.